The Morgan fingerprint density at radius 3 is 2.64 bits per heavy atom. The molecule has 1 saturated heterocycles. The van der Waals surface area contributed by atoms with E-state index in [0.717, 1.165) is 50.6 Å². The summed E-state index contributed by atoms with van der Waals surface area (Å²) >= 11 is 0. The number of aromatic nitrogens is 2. The fourth-order valence-corrected chi connectivity index (χ4v) is 5.24. The molecule has 5 rings (SSSR count). The third kappa shape index (κ3) is 4.39. The Kier molecular flexibility index (Phi) is 5.93. The number of nitrogens with zero attached hydrogens (tertiary/aromatic N) is 3. The van der Waals surface area contributed by atoms with Crippen molar-refractivity contribution in [1.82, 2.24) is 14.5 Å². The SMILES string of the molecule is CC1(C)CC(=O)C2=C(C1)Oc1ncn(CCCN3CCOCC3)c(=N)c1C2c1ccccc1. The average Bonchev–Trinajstić information content (AvgIpc) is 2.80. The van der Waals surface area contributed by atoms with Gasteiger partial charge in [-0.1, -0.05) is 44.2 Å². The zero-order chi connectivity index (χ0) is 23.0. The predicted octanol–water partition coefficient (Wildman–Crippen LogP) is 3.25. The Balaban J connectivity index is 1.50. The first-order valence-electron chi connectivity index (χ1n) is 11.9. The summed E-state index contributed by atoms with van der Waals surface area (Å²) < 4.78 is 13.5. The molecule has 1 fully saturated rings. The molecule has 0 radical (unpaired) electrons. The van der Waals surface area contributed by atoms with E-state index < -0.39 is 0 Å². The number of fused-ring (bicyclic) bond motifs is 1. The van der Waals surface area contributed by atoms with Gasteiger partial charge in [0.25, 0.3) is 0 Å². The standard InChI is InChI=1S/C26H32N4O3/c1-26(2)15-19(31)22-20(16-26)33-25-23(21(22)18-7-4-3-5-8-18)24(27)30(17-28-25)10-6-9-29-11-13-32-14-12-29/h3-5,7-8,17,21,27H,6,9-16H2,1-2H3. The van der Waals surface area contributed by atoms with Crippen molar-refractivity contribution in [3.8, 4) is 5.88 Å². The Morgan fingerprint density at radius 2 is 1.88 bits per heavy atom. The second-order valence-electron chi connectivity index (χ2n) is 10.0. The number of benzene rings is 1. The number of morpholine rings is 1. The van der Waals surface area contributed by atoms with Crippen molar-refractivity contribution < 1.29 is 14.3 Å². The number of rotatable bonds is 5. The minimum Gasteiger partial charge on any atom is -0.442 e. The van der Waals surface area contributed by atoms with E-state index in [9.17, 15) is 4.79 Å². The van der Waals surface area contributed by atoms with Crippen molar-refractivity contribution in [3.63, 3.8) is 0 Å². The molecule has 0 bridgehead atoms. The Labute approximate surface area is 194 Å². The lowest BCUT2D eigenvalue weighted by atomic mass is 9.70. The van der Waals surface area contributed by atoms with Gasteiger partial charge < -0.3 is 14.0 Å². The van der Waals surface area contributed by atoms with Crippen LogP contribution in [0.5, 0.6) is 5.88 Å². The molecular formula is C26H32N4O3. The molecule has 1 aromatic carbocycles. The number of aryl methyl sites for hydroxylation is 1. The molecule has 1 unspecified atom stereocenters. The zero-order valence-electron chi connectivity index (χ0n) is 19.5. The first-order valence-corrected chi connectivity index (χ1v) is 11.9. The predicted molar refractivity (Wildman–Crippen MR) is 124 cm³/mol. The zero-order valence-corrected chi connectivity index (χ0v) is 19.5. The highest BCUT2D eigenvalue weighted by atomic mass is 16.5. The summed E-state index contributed by atoms with van der Waals surface area (Å²) in [6.07, 6.45) is 3.82. The van der Waals surface area contributed by atoms with Crippen LogP contribution >= 0.6 is 0 Å². The van der Waals surface area contributed by atoms with Crippen LogP contribution in [0.25, 0.3) is 0 Å². The van der Waals surface area contributed by atoms with Crippen molar-refractivity contribution in [2.24, 2.45) is 5.41 Å². The molecule has 0 saturated carbocycles. The molecule has 3 aliphatic rings. The van der Waals surface area contributed by atoms with Crippen LogP contribution < -0.4 is 10.2 Å². The largest absolute Gasteiger partial charge is 0.442 e. The molecule has 3 heterocycles. The fraction of sp³-hybridized carbons (Fsp3) is 0.500. The van der Waals surface area contributed by atoms with Crippen LogP contribution in [0, 0.1) is 10.8 Å². The molecule has 0 spiro atoms. The molecule has 2 aromatic rings. The van der Waals surface area contributed by atoms with Crippen LogP contribution in [0.15, 0.2) is 48.0 Å². The molecule has 1 aliphatic carbocycles. The maximum absolute atomic E-state index is 13.3. The van der Waals surface area contributed by atoms with Gasteiger partial charge in [-0.2, -0.15) is 0 Å². The van der Waals surface area contributed by atoms with Gasteiger partial charge in [-0.15, -0.1) is 0 Å². The van der Waals surface area contributed by atoms with Gasteiger partial charge in [0.2, 0.25) is 5.88 Å². The number of ketones is 1. The van der Waals surface area contributed by atoms with E-state index in [0.29, 0.717) is 41.9 Å². The van der Waals surface area contributed by atoms with Crippen LogP contribution in [0.3, 0.4) is 0 Å². The summed E-state index contributed by atoms with van der Waals surface area (Å²) in [5.41, 5.74) is 2.63. The third-order valence-corrected chi connectivity index (χ3v) is 6.87. The number of carbonyl (C=O) groups excluding carboxylic acids is 1. The van der Waals surface area contributed by atoms with E-state index in [1.54, 1.807) is 6.33 Å². The molecule has 2 aliphatic heterocycles. The summed E-state index contributed by atoms with van der Waals surface area (Å²) in [6, 6.07) is 10.0. The second-order valence-corrected chi connectivity index (χ2v) is 10.0. The molecule has 7 heteroatoms. The number of hydrogen-bond acceptors (Lipinski definition) is 6. The Bertz CT molecular complexity index is 1130. The van der Waals surface area contributed by atoms with Gasteiger partial charge >= 0.3 is 0 Å². The highest BCUT2D eigenvalue weighted by Crippen LogP contribution is 2.48. The first kappa shape index (κ1) is 22.0. The minimum absolute atomic E-state index is 0.114. The summed E-state index contributed by atoms with van der Waals surface area (Å²) in [4.78, 5) is 20.4. The smallest absolute Gasteiger partial charge is 0.228 e. The maximum atomic E-state index is 13.3. The Morgan fingerprint density at radius 1 is 1.12 bits per heavy atom. The fourth-order valence-electron chi connectivity index (χ4n) is 5.24. The summed E-state index contributed by atoms with van der Waals surface area (Å²) in [5.74, 6) is 0.972. The van der Waals surface area contributed by atoms with Crippen molar-refractivity contribution in [2.45, 2.75) is 45.6 Å². The number of ether oxygens (including phenoxy) is 2. The monoisotopic (exact) mass is 448 g/mol. The van der Waals surface area contributed by atoms with Gasteiger partial charge in [0.1, 0.15) is 17.6 Å². The van der Waals surface area contributed by atoms with E-state index in [2.05, 4.69) is 23.7 Å². The van der Waals surface area contributed by atoms with E-state index >= 15 is 0 Å². The van der Waals surface area contributed by atoms with Crippen molar-refractivity contribution >= 4 is 5.78 Å². The number of allylic oxidation sites excluding steroid dienone is 2. The van der Waals surface area contributed by atoms with Crippen LogP contribution in [0.4, 0.5) is 0 Å². The van der Waals surface area contributed by atoms with Gasteiger partial charge in [-0.3, -0.25) is 15.1 Å². The van der Waals surface area contributed by atoms with Crippen LogP contribution in [-0.4, -0.2) is 53.1 Å². The number of carbonyl (C=O) groups is 1. The molecule has 174 valence electrons. The number of hydrogen-bond donors (Lipinski definition) is 1. The number of nitrogens with one attached hydrogen (secondary N) is 1. The quantitative estimate of drug-likeness (QED) is 0.760. The van der Waals surface area contributed by atoms with Crippen molar-refractivity contribution in [1.29, 1.82) is 5.41 Å². The summed E-state index contributed by atoms with van der Waals surface area (Å²) in [7, 11) is 0. The lowest BCUT2D eigenvalue weighted by Crippen LogP contribution is -2.38. The summed E-state index contributed by atoms with van der Waals surface area (Å²) in [6.45, 7) is 9.36. The lowest BCUT2D eigenvalue weighted by Gasteiger charge is -2.38. The van der Waals surface area contributed by atoms with E-state index in [-0.39, 0.29) is 17.1 Å². The first-order chi connectivity index (χ1) is 15.9. The van der Waals surface area contributed by atoms with E-state index in [1.807, 2.05) is 34.9 Å². The third-order valence-electron chi connectivity index (χ3n) is 6.87. The van der Waals surface area contributed by atoms with Gasteiger partial charge in [0.05, 0.1) is 18.8 Å². The lowest BCUT2D eigenvalue weighted by molar-refractivity contribution is -0.118. The molecule has 1 N–H and O–H groups in total. The topological polar surface area (TPSA) is 80.4 Å². The van der Waals surface area contributed by atoms with E-state index in [1.165, 1.54) is 0 Å². The van der Waals surface area contributed by atoms with Gasteiger partial charge in [-0.25, -0.2) is 4.98 Å². The highest BCUT2D eigenvalue weighted by molar-refractivity contribution is 6.00. The second kappa shape index (κ2) is 8.88. The Hall–Kier alpha value is -2.77. The normalized spacial score (nSPS) is 22.5. The van der Waals surface area contributed by atoms with Crippen molar-refractivity contribution in [2.75, 3.05) is 32.8 Å². The molecule has 1 aromatic heterocycles. The summed E-state index contributed by atoms with van der Waals surface area (Å²) in [5, 5.41) is 9.05. The molecular weight excluding hydrogens is 416 g/mol. The van der Waals surface area contributed by atoms with Crippen LogP contribution in [0.2, 0.25) is 0 Å². The number of Topliss-reactive ketones (excluding diaryl/α,β-unsaturated/α-hetero) is 1. The average molecular weight is 449 g/mol. The van der Waals surface area contributed by atoms with Crippen LogP contribution in [0.1, 0.15) is 50.2 Å². The van der Waals surface area contributed by atoms with E-state index in [4.69, 9.17) is 14.9 Å². The minimum atomic E-state index is -0.319. The maximum Gasteiger partial charge on any atom is 0.228 e. The highest BCUT2D eigenvalue weighted by Gasteiger charge is 2.43. The molecule has 1 atom stereocenters. The molecule has 7 nitrogen and oxygen atoms in total. The van der Waals surface area contributed by atoms with Gasteiger partial charge in [0, 0.05) is 50.5 Å². The van der Waals surface area contributed by atoms with Crippen LogP contribution in [-0.2, 0) is 16.1 Å². The van der Waals surface area contributed by atoms with Gasteiger partial charge in [-0.05, 0) is 17.4 Å². The molecule has 0 amide bonds. The van der Waals surface area contributed by atoms with Crippen molar-refractivity contribution in [3.05, 3.63) is 64.6 Å². The van der Waals surface area contributed by atoms with Gasteiger partial charge in [0.15, 0.2) is 5.78 Å². The molecule has 33 heavy (non-hydrogen) atoms.